The minimum Gasteiger partial charge on any atom is -0.494 e. The first-order chi connectivity index (χ1) is 21.3. The van der Waals surface area contributed by atoms with Gasteiger partial charge in [-0.2, -0.15) is 5.10 Å². The highest BCUT2D eigenvalue weighted by Crippen LogP contribution is 2.41. The summed E-state index contributed by atoms with van der Waals surface area (Å²) in [5.41, 5.74) is 13.0. The highest BCUT2D eigenvalue weighted by Gasteiger charge is 2.36. The number of carbonyl (C=O) groups is 2. The zero-order chi connectivity index (χ0) is 30.7. The van der Waals surface area contributed by atoms with Crippen molar-refractivity contribution < 1.29 is 19.1 Å². The van der Waals surface area contributed by atoms with Crippen LogP contribution in [0.2, 0.25) is 0 Å². The summed E-state index contributed by atoms with van der Waals surface area (Å²) in [6, 6.07) is 10.6. The van der Waals surface area contributed by atoms with Gasteiger partial charge in [0.2, 0.25) is 0 Å². The lowest BCUT2D eigenvalue weighted by molar-refractivity contribution is -0.145. The number of pyridine rings is 1. The Hall–Kier alpha value is -3.89. The van der Waals surface area contributed by atoms with Gasteiger partial charge in [0.1, 0.15) is 23.1 Å². The summed E-state index contributed by atoms with van der Waals surface area (Å²) in [5, 5.41) is 6.28. The van der Waals surface area contributed by atoms with E-state index in [9.17, 15) is 9.59 Å². The van der Waals surface area contributed by atoms with Gasteiger partial charge in [0.05, 0.1) is 23.9 Å². The van der Waals surface area contributed by atoms with Gasteiger partial charge in [-0.1, -0.05) is 18.2 Å². The molecule has 0 spiro atoms. The second kappa shape index (κ2) is 11.2. The molecule has 2 N–H and O–H groups in total. The Kier molecular flexibility index (Phi) is 7.37. The molecular weight excluding hydrogens is 556 g/mol. The third-order valence-electron chi connectivity index (χ3n) is 9.81. The summed E-state index contributed by atoms with van der Waals surface area (Å²) in [4.78, 5) is 29.9. The highest BCUT2D eigenvalue weighted by molar-refractivity contribution is 5.96. The number of nitrogens with zero attached hydrogens (tertiary/aromatic N) is 5. The summed E-state index contributed by atoms with van der Waals surface area (Å²) >= 11 is 0. The maximum absolute atomic E-state index is 13.5. The molecule has 2 aliphatic heterocycles. The molecule has 0 radical (unpaired) electrons. The van der Waals surface area contributed by atoms with Crippen LogP contribution in [0.3, 0.4) is 0 Å². The van der Waals surface area contributed by atoms with Crippen LogP contribution >= 0.6 is 0 Å². The molecule has 1 aliphatic carbocycles. The van der Waals surface area contributed by atoms with Crippen molar-refractivity contribution in [1.29, 1.82) is 0 Å². The largest absolute Gasteiger partial charge is 0.494 e. The van der Waals surface area contributed by atoms with E-state index in [1.165, 1.54) is 29.3 Å². The number of hydrogen-bond acceptors (Lipinski definition) is 6. The molecule has 232 valence electrons. The molecule has 44 heavy (non-hydrogen) atoms. The number of fused-ring (bicyclic) bond motifs is 2. The SMILES string of the molecule is COc1cc(C(=O)N2CCCC(N)C2)cn2nc(-c3cc4cccc(C5CN(C(=O)C(C)OC)C5)c4n3CC3CC3)c(C)c12. The van der Waals surface area contributed by atoms with Crippen molar-refractivity contribution in [1.82, 2.24) is 24.0 Å². The molecule has 1 aromatic carbocycles. The van der Waals surface area contributed by atoms with Gasteiger partial charge in [-0.05, 0) is 63.1 Å². The topological polar surface area (TPSA) is 107 Å². The van der Waals surface area contributed by atoms with Crippen molar-refractivity contribution in [2.24, 2.45) is 11.7 Å². The third kappa shape index (κ3) is 4.94. The predicted octanol–water partition coefficient (Wildman–Crippen LogP) is 4.21. The number of aromatic nitrogens is 3. The van der Waals surface area contributed by atoms with E-state index >= 15 is 0 Å². The Bertz CT molecular complexity index is 1750. The van der Waals surface area contributed by atoms with Crippen LogP contribution in [0.5, 0.6) is 5.75 Å². The molecule has 4 aromatic rings. The van der Waals surface area contributed by atoms with Crippen molar-refractivity contribution in [3.63, 3.8) is 0 Å². The van der Waals surface area contributed by atoms with Crippen LogP contribution in [0, 0.1) is 12.8 Å². The summed E-state index contributed by atoms with van der Waals surface area (Å²) in [6.45, 7) is 7.46. The van der Waals surface area contributed by atoms with E-state index in [4.69, 9.17) is 20.3 Å². The number of nitrogens with two attached hydrogens (primary N) is 1. The minimum absolute atomic E-state index is 0.00701. The summed E-state index contributed by atoms with van der Waals surface area (Å²) in [7, 11) is 3.22. The van der Waals surface area contributed by atoms with E-state index in [2.05, 4.69) is 35.8 Å². The van der Waals surface area contributed by atoms with Crippen LogP contribution in [0.4, 0.5) is 0 Å². The second-order valence-electron chi connectivity index (χ2n) is 12.9. The lowest BCUT2D eigenvalue weighted by atomic mass is 9.89. The number of methoxy groups -OCH3 is 2. The molecule has 2 atom stereocenters. The normalized spacial score (nSPS) is 19.9. The maximum atomic E-state index is 13.5. The molecule has 2 unspecified atom stereocenters. The number of piperidine rings is 1. The standard InChI is InChI=1S/C34H42N6O4/c1-20-30(36-40-18-24(14-29(44-4)31(20)40)34(42)37-12-6-8-26(35)19-37)28-13-23-7-5-9-27(32(23)39(28)15-22-10-11-22)25-16-38(17-25)33(41)21(2)43-3/h5,7,9,13-14,18,21-22,25-26H,6,8,10-12,15-17,19,35H2,1-4H3. The number of benzene rings is 1. The number of hydrogen-bond donors (Lipinski definition) is 1. The molecule has 7 rings (SSSR count). The van der Waals surface area contributed by atoms with E-state index < -0.39 is 6.10 Å². The van der Waals surface area contributed by atoms with Gasteiger partial charge < -0.3 is 29.6 Å². The monoisotopic (exact) mass is 598 g/mol. The van der Waals surface area contributed by atoms with Crippen LogP contribution in [-0.4, -0.2) is 88.3 Å². The summed E-state index contributed by atoms with van der Waals surface area (Å²) in [6.07, 6.45) is 5.70. The van der Waals surface area contributed by atoms with Crippen LogP contribution in [0.15, 0.2) is 36.5 Å². The lowest BCUT2D eigenvalue weighted by Gasteiger charge is -2.41. The number of rotatable bonds is 8. The number of amides is 2. The van der Waals surface area contributed by atoms with Crippen LogP contribution < -0.4 is 10.5 Å². The molecular formula is C34H42N6O4. The zero-order valence-electron chi connectivity index (χ0n) is 26.1. The highest BCUT2D eigenvalue weighted by atomic mass is 16.5. The van der Waals surface area contributed by atoms with E-state index in [1.807, 2.05) is 26.6 Å². The second-order valence-corrected chi connectivity index (χ2v) is 12.9. The average molecular weight is 599 g/mol. The van der Waals surface area contributed by atoms with Crippen LogP contribution in [-0.2, 0) is 16.1 Å². The van der Waals surface area contributed by atoms with Gasteiger partial charge in [-0.3, -0.25) is 9.59 Å². The fourth-order valence-electron chi connectivity index (χ4n) is 7.02. The molecule has 3 fully saturated rings. The number of ether oxygens (including phenoxy) is 2. The Balaban J connectivity index is 1.29. The van der Waals surface area contributed by atoms with E-state index in [0.717, 1.165) is 41.9 Å². The first kappa shape index (κ1) is 28.9. The lowest BCUT2D eigenvalue weighted by Crippen LogP contribution is -2.52. The Morgan fingerprint density at radius 1 is 1.07 bits per heavy atom. The number of aryl methyl sites for hydroxylation is 1. The molecule has 0 bridgehead atoms. The minimum atomic E-state index is -0.430. The smallest absolute Gasteiger partial charge is 0.255 e. The zero-order valence-corrected chi connectivity index (χ0v) is 26.1. The Morgan fingerprint density at radius 3 is 2.57 bits per heavy atom. The quantitative estimate of drug-likeness (QED) is 0.326. The van der Waals surface area contributed by atoms with E-state index in [1.54, 1.807) is 21.1 Å². The van der Waals surface area contributed by atoms with Gasteiger partial charge in [0, 0.05) is 68.9 Å². The average Bonchev–Trinajstić information content (AvgIpc) is 3.67. The first-order valence-electron chi connectivity index (χ1n) is 15.8. The Labute approximate surface area is 257 Å². The van der Waals surface area contributed by atoms with E-state index in [0.29, 0.717) is 43.4 Å². The van der Waals surface area contributed by atoms with Gasteiger partial charge in [0.15, 0.2) is 0 Å². The van der Waals surface area contributed by atoms with Gasteiger partial charge in [-0.15, -0.1) is 0 Å². The van der Waals surface area contributed by atoms with Gasteiger partial charge in [0.25, 0.3) is 11.8 Å². The third-order valence-corrected chi connectivity index (χ3v) is 9.81. The van der Waals surface area contributed by atoms with Crippen LogP contribution in [0.25, 0.3) is 27.8 Å². The fourth-order valence-corrected chi connectivity index (χ4v) is 7.02. The van der Waals surface area contributed by atoms with Crippen LogP contribution in [0.1, 0.15) is 60.0 Å². The number of carbonyl (C=O) groups excluding carboxylic acids is 2. The number of para-hydroxylation sites is 1. The summed E-state index contributed by atoms with van der Waals surface area (Å²) < 4.78 is 15.4. The van der Waals surface area contributed by atoms with Crippen molar-refractivity contribution in [3.05, 3.63) is 53.2 Å². The fraction of sp³-hybridized carbons (Fsp3) is 0.500. The van der Waals surface area contributed by atoms with Crippen molar-refractivity contribution in [3.8, 4) is 17.1 Å². The van der Waals surface area contributed by atoms with Crippen molar-refractivity contribution in [2.75, 3.05) is 40.4 Å². The molecule has 10 nitrogen and oxygen atoms in total. The van der Waals surface area contributed by atoms with Crippen molar-refractivity contribution in [2.45, 2.75) is 64.1 Å². The molecule has 2 amide bonds. The maximum Gasteiger partial charge on any atom is 0.255 e. The number of likely N-dealkylation sites (tertiary alicyclic amines) is 2. The van der Waals surface area contributed by atoms with Gasteiger partial charge >= 0.3 is 0 Å². The summed E-state index contributed by atoms with van der Waals surface area (Å²) in [5.74, 6) is 1.54. The van der Waals surface area contributed by atoms with Crippen molar-refractivity contribution >= 4 is 28.2 Å². The predicted molar refractivity (Wildman–Crippen MR) is 169 cm³/mol. The molecule has 3 aliphatic rings. The Morgan fingerprint density at radius 2 is 1.86 bits per heavy atom. The molecule has 2 saturated heterocycles. The molecule has 1 saturated carbocycles. The van der Waals surface area contributed by atoms with Gasteiger partial charge in [-0.25, -0.2) is 4.52 Å². The first-order valence-corrected chi connectivity index (χ1v) is 15.8. The van der Waals surface area contributed by atoms with E-state index in [-0.39, 0.29) is 23.8 Å². The molecule has 3 aromatic heterocycles. The molecule has 10 heteroatoms. The molecule has 5 heterocycles.